The molecule has 0 unspecified atom stereocenters. The highest BCUT2D eigenvalue weighted by Gasteiger charge is 2.35. The number of ether oxygens (including phenoxy) is 2. The van der Waals surface area contributed by atoms with Gasteiger partial charge in [0.1, 0.15) is 16.4 Å². The third-order valence-electron chi connectivity index (χ3n) is 5.07. The standard InChI is InChI=1S/C20H23N3O7S/c1-29-17-8-9-18(30-2)19(12-17)31(27,28)22-10-4-5-14(13-22)20(24)21-15-6-3-7-16(11-15)23(25)26/h3,6-9,11-12,14H,4-5,10,13H2,1-2H3,(H,21,24)/t14-/m1/s1. The fourth-order valence-corrected chi connectivity index (χ4v) is 5.14. The number of piperidine rings is 1. The van der Waals surface area contributed by atoms with Crippen LogP contribution >= 0.6 is 0 Å². The van der Waals surface area contributed by atoms with E-state index in [0.29, 0.717) is 18.6 Å². The first-order chi connectivity index (χ1) is 14.8. The Morgan fingerprint density at radius 3 is 2.65 bits per heavy atom. The highest BCUT2D eigenvalue weighted by Crippen LogP contribution is 2.33. The van der Waals surface area contributed by atoms with E-state index in [1.54, 1.807) is 12.1 Å². The number of sulfonamides is 1. The second-order valence-corrected chi connectivity index (χ2v) is 8.92. The van der Waals surface area contributed by atoms with Crippen LogP contribution in [-0.4, -0.2) is 50.9 Å². The van der Waals surface area contributed by atoms with Crippen LogP contribution in [0.3, 0.4) is 0 Å². The molecular formula is C20H23N3O7S. The molecule has 1 N–H and O–H groups in total. The lowest BCUT2D eigenvalue weighted by Gasteiger charge is -2.31. The van der Waals surface area contributed by atoms with Gasteiger partial charge in [0.2, 0.25) is 15.9 Å². The highest BCUT2D eigenvalue weighted by molar-refractivity contribution is 7.89. The Hall–Kier alpha value is -3.18. The Bertz CT molecular complexity index is 1090. The summed E-state index contributed by atoms with van der Waals surface area (Å²) in [6.45, 7) is 0.257. The Labute approximate surface area is 180 Å². The minimum atomic E-state index is -3.94. The van der Waals surface area contributed by atoms with E-state index in [2.05, 4.69) is 5.32 Å². The molecule has 11 heteroatoms. The summed E-state index contributed by atoms with van der Waals surface area (Å²) in [6.07, 6.45) is 1.00. The van der Waals surface area contributed by atoms with Crippen molar-refractivity contribution in [1.29, 1.82) is 0 Å². The summed E-state index contributed by atoms with van der Waals surface area (Å²) >= 11 is 0. The molecule has 10 nitrogen and oxygen atoms in total. The number of methoxy groups -OCH3 is 2. The van der Waals surface area contributed by atoms with E-state index in [1.165, 1.54) is 48.9 Å². The first kappa shape index (κ1) is 22.5. The number of nitro groups is 1. The molecule has 2 aromatic rings. The van der Waals surface area contributed by atoms with Crippen molar-refractivity contribution < 1.29 is 27.6 Å². The molecular weight excluding hydrogens is 426 g/mol. The predicted molar refractivity (Wildman–Crippen MR) is 113 cm³/mol. The molecule has 31 heavy (non-hydrogen) atoms. The summed E-state index contributed by atoms with van der Waals surface area (Å²) in [6, 6.07) is 10.1. The third kappa shape index (κ3) is 4.94. The molecule has 2 aromatic carbocycles. The van der Waals surface area contributed by atoms with Gasteiger partial charge < -0.3 is 14.8 Å². The minimum absolute atomic E-state index is 0.0105. The van der Waals surface area contributed by atoms with Gasteiger partial charge in [0.05, 0.1) is 25.1 Å². The normalized spacial score (nSPS) is 17.0. The number of hydrogen-bond donors (Lipinski definition) is 1. The minimum Gasteiger partial charge on any atom is -0.497 e. The van der Waals surface area contributed by atoms with Crippen LogP contribution in [0.15, 0.2) is 47.4 Å². The van der Waals surface area contributed by atoms with Gasteiger partial charge in [-0.1, -0.05) is 6.07 Å². The number of nitrogens with one attached hydrogen (secondary N) is 1. The van der Waals surface area contributed by atoms with Crippen molar-refractivity contribution in [3.63, 3.8) is 0 Å². The van der Waals surface area contributed by atoms with Crippen LogP contribution in [-0.2, 0) is 14.8 Å². The molecule has 0 bridgehead atoms. The number of amides is 1. The van der Waals surface area contributed by atoms with E-state index in [1.807, 2.05) is 0 Å². The Morgan fingerprint density at radius 1 is 1.19 bits per heavy atom. The quantitative estimate of drug-likeness (QED) is 0.508. The van der Waals surface area contributed by atoms with E-state index in [4.69, 9.17) is 9.47 Å². The maximum absolute atomic E-state index is 13.3. The molecule has 166 valence electrons. The van der Waals surface area contributed by atoms with Crippen molar-refractivity contribution in [2.75, 3.05) is 32.6 Å². The number of benzene rings is 2. The van der Waals surface area contributed by atoms with Crippen LogP contribution in [0.2, 0.25) is 0 Å². The molecule has 1 aliphatic rings. The molecule has 0 spiro atoms. The van der Waals surface area contributed by atoms with Crippen LogP contribution in [0.4, 0.5) is 11.4 Å². The molecule has 1 aliphatic heterocycles. The van der Waals surface area contributed by atoms with Crippen molar-refractivity contribution in [2.45, 2.75) is 17.7 Å². The molecule has 1 amide bonds. The third-order valence-corrected chi connectivity index (χ3v) is 6.95. The molecule has 1 atom stereocenters. The van der Waals surface area contributed by atoms with Crippen LogP contribution in [0.25, 0.3) is 0 Å². The molecule has 1 fully saturated rings. The van der Waals surface area contributed by atoms with Crippen molar-refractivity contribution in [2.24, 2.45) is 5.92 Å². The number of nitrogens with zero attached hydrogens (tertiary/aromatic N) is 2. The highest BCUT2D eigenvalue weighted by atomic mass is 32.2. The summed E-state index contributed by atoms with van der Waals surface area (Å²) in [5.41, 5.74) is 0.143. The largest absolute Gasteiger partial charge is 0.497 e. The van der Waals surface area contributed by atoms with Crippen molar-refractivity contribution >= 4 is 27.3 Å². The van der Waals surface area contributed by atoms with Gasteiger partial charge in [0, 0.05) is 37.0 Å². The Morgan fingerprint density at radius 2 is 1.97 bits per heavy atom. The number of anilines is 1. The maximum Gasteiger partial charge on any atom is 0.271 e. The van der Waals surface area contributed by atoms with Gasteiger partial charge in [-0.2, -0.15) is 4.31 Å². The molecule has 1 saturated heterocycles. The number of nitro benzene ring substituents is 1. The van der Waals surface area contributed by atoms with Crippen LogP contribution in [0, 0.1) is 16.0 Å². The number of carbonyl (C=O) groups is 1. The van der Waals surface area contributed by atoms with E-state index in [0.717, 1.165) is 0 Å². The van der Waals surface area contributed by atoms with Gasteiger partial charge in [-0.3, -0.25) is 14.9 Å². The smallest absolute Gasteiger partial charge is 0.271 e. The maximum atomic E-state index is 13.3. The van der Waals surface area contributed by atoms with Crippen molar-refractivity contribution in [3.05, 3.63) is 52.6 Å². The number of rotatable bonds is 7. The SMILES string of the molecule is COc1ccc(OC)c(S(=O)(=O)N2CCC[C@@H](C(=O)Nc3cccc([N+](=O)[O-])c3)C2)c1. The number of carbonyl (C=O) groups excluding carboxylic acids is 1. The summed E-state index contributed by atoms with van der Waals surface area (Å²) in [4.78, 5) is 23.1. The summed E-state index contributed by atoms with van der Waals surface area (Å²) in [5, 5.41) is 13.6. The zero-order valence-electron chi connectivity index (χ0n) is 17.1. The zero-order valence-corrected chi connectivity index (χ0v) is 17.9. The van der Waals surface area contributed by atoms with E-state index >= 15 is 0 Å². The lowest BCUT2D eigenvalue weighted by molar-refractivity contribution is -0.384. The number of non-ortho nitro benzene ring substituents is 1. The molecule has 0 saturated carbocycles. The van der Waals surface area contributed by atoms with E-state index in [9.17, 15) is 23.3 Å². The van der Waals surface area contributed by atoms with Gasteiger partial charge in [0.15, 0.2) is 0 Å². The molecule has 0 aliphatic carbocycles. The van der Waals surface area contributed by atoms with E-state index in [-0.39, 0.29) is 35.1 Å². The topological polar surface area (TPSA) is 128 Å². The fraction of sp³-hybridized carbons (Fsp3) is 0.350. The molecule has 0 aromatic heterocycles. The van der Waals surface area contributed by atoms with Crippen molar-refractivity contribution in [3.8, 4) is 11.5 Å². The zero-order chi connectivity index (χ0) is 22.6. The van der Waals surface area contributed by atoms with Crippen LogP contribution < -0.4 is 14.8 Å². The van der Waals surface area contributed by atoms with Crippen LogP contribution in [0.1, 0.15) is 12.8 Å². The van der Waals surface area contributed by atoms with Crippen LogP contribution in [0.5, 0.6) is 11.5 Å². The predicted octanol–water partition coefficient (Wildman–Crippen LogP) is 2.65. The summed E-state index contributed by atoms with van der Waals surface area (Å²) < 4.78 is 38.1. The van der Waals surface area contributed by atoms with Gasteiger partial charge in [0.25, 0.3) is 5.69 Å². The van der Waals surface area contributed by atoms with Gasteiger partial charge in [-0.05, 0) is 31.0 Å². The first-order valence-electron chi connectivity index (χ1n) is 9.53. The first-order valence-corrected chi connectivity index (χ1v) is 11.0. The van der Waals surface area contributed by atoms with Gasteiger partial charge in [-0.15, -0.1) is 0 Å². The lowest BCUT2D eigenvalue weighted by Crippen LogP contribution is -2.43. The second-order valence-electron chi connectivity index (χ2n) is 7.02. The monoisotopic (exact) mass is 449 g/mol. The summed E-state index contributed by atoms with van der Waals surface area (Å²) in [5.74, 6) is -0.433. The molecule has 1 heterocycles. The Balaban J connectivity index is 1.79. The summed E-state index contributed by atoms with van der Waals surface area (Å²) in [7, 11) is -1.12. The van der Waals surface area contributed by atoms with E-state index < -0.39 is 26.8 Å². The lowest BCUT2D eigenvalue weighted by atomic mass is 9.98. The average Bonchev–Trinajstić information content (AvgIpc) is 2.78. The number of hydrogen-bond acceptors (Lipinski definition) is 7. The second kappa shape index (κ2) is 9.31. The van der Waals surface area contributed by atoms with Gasteiger partial charge >= 0.3 is 0 Å². The fourth-order valence-electron chi connectivity index (χ4n) is 3.44. The van der Waals surface area contributed by atoms with Crippen molar-refractivity contribution in [1.82, 2.24) is 4.31 Å². The average molecular weight is 449 g/mol. The molecule has 3 rings (SSSR count). The molecule has 0 radical (unpaired) electrons. The Kier molecular flexibility index (Phi) is 6.76. The van der Waals surface area contributed by atoms with Gasteiger partial charge in [-0.25, -0.2) is 8.42 Å².